The highest BCUT2D eigenvalue weighted by Gasteiger charge is 2.10. The van der Waals surface area contributed by atoms with E-state index in [1.807, 2.05) is 0 Å². The molecule has 0 bridgehead atoms. The Morgan fingerprint density at radius 3 is 2.21 bits per heavy atom. The lowest BCUT2D eigenvalue weighted by atomic mass is 10.1. The van der Waals surface area contributed by atoms with Gasteiger partial charge in [-0.25, -0.2) is 0 Å². The molecule has 0 radical (unpaired) electrons. The van der Waals surface area contributed by atoms with Crippen molar-refractivity contribution in [3.63, 3.8) is 0 Å². The Morgan fingerprint density at radius 1 is 1.14 bits per heavy atom. The van der Waals surface area contributed by atoms with E-state index in [0.29, 0.717) is 6.04 Å². The van der Waals surface area contributed by atoms with Crippen LogP contribution in [0.5, 0.6) is 0 Å². The average Bonchev–Trinajstić information content (AvgIpc) is 2.14. The van der Waals surface area contributed by atoms with Crippen LogP contribution in [0, 0.1) is 5.92 Å². The fraction of sp³-hybridized carbons (Fsp3) is 1.00. The Labute approximate surface area is 90.1 Å². The second kappa shape index (κ2) is 8.25. The Bertz CT molecular complexity index is 123. The Balaban J connectivity index is 3.62. The number of rotatable bonds is 8. The number of nitrogens with zero attached hydrogens (tertiary/aromatic N) is 1. The minimum absolute atomic E-state index is 0.675. The zero-order valence-corrected chi connectivity index (χ0v) is 10.6. The van der Waals surface area contributed by atoms with E-state index in [1.54, 1.807) is 0 Å². The summed E-state index contributed by atoms with van der Waals surface area (Å²) in [6.45, 7) is 16.0. The van der Waals surface area contributed by atoms with Crippen LogP contribution < -0.4 is 5.32 Å². The van der Waals surface area contributed by atoms with Crippen LogP contribution in [0.25, 0.3) is 0 Å². The summed E-state index contributed by atoms with van der Waals surface area (Å²) in [6, 6.07) is 0.675. The summed E-state index contributed by atoms with van der Waals surface area (Å²) in [4.78, 5) is 2.53. The molecule has 0 heterocycles. The zero-order valence-electron chi connectivity index (χ0n) is 10.6. The minimum atomic E-state index is 0.675. The van der Waals surface area contributed by atoms with Gasteiger partial charge in [0.05, 0.1) is 0 Å². The van der Waals surface area contributed by atoms with Crippen LogP contribution in [0.1, 0.15) is 41.0 Å². The number of hydrogen-bond donors (Lipinski definition) is 1. The van der Waals surface area contributed by atoms with Gasteiger partial charge in [0.25, 0.3) is 0 Å². The number of nitrogens with one attached hydrogen (secondary N) is 1. The van der Waals surface area contributed by atoms with E-state index in [9.17, 15) is 0 Å². The predicted molar refractivity (Wildman–Crippen MR) is 64.7 cm³/mol. The molecule has 86 valence electrons. The molecule has 0 fully saturated rings. The van der Waals surface area contributed by atoms with Crippen molar-refractivity contribution in [2.24, 2.45) is 5.92 Å². The summed E-state index contributed by atoms with van der Waals surface area (Å²) >= 11 is 0. The van der Waals surface area contributed by atoms with Gasteiger partial charge in [0, 0.05) is 12.6 Å². The standard InChI is InChI=1S/C12H28N2/c1-6-8-13-9-12(5)10-14(7-2)11(3)4/h11-13H,6-10H2,1-5H3. The average molecular weight is 200 g/mol. The molecule has 0 aromatic heterocycles. The third kappa shape index (κ3) is 6.39. The van der Waals surface area contributed by atoms with Gasteiger partial charge in [-0.15, -0.1) is 0 Å². The topological polar surface area (TPSA) is 15.3 Å². The molecule has 0 aromatic rings. The third-order valence-electron chi connectivity index (χ3n) is 2.60. The van der Waals surface area contributed by atoms with Crippen LogP contribution in [0.15, 0.2) is 0 Å². The first-order valence-electron chi connectivity index (χ1n) is 6.06. The van der Waals surface area contributed by atoms with Crippen molar-refractivity contribution in [3.8, 4) is 0 Å². The monoisotopic (exact) mass is 200 g/mol. The molecule has 0 aromatic carbocycles. The van der Waals surface area contributed by atoms with Crippen molar-refractivity contribution in [2.75, 3.05) is 26.2 Å². The summed E-state index contributed by atoms with van der Waals surface area (Å²) in [7, 11) is 0. The molecule has 0 saturated carbocycles. The lowest BCUT2D eigenvalue weighted by Crippen LogP contribution is -2.37. The van der Waals surface area contributed by atoms with Crippen molar-refractivity contribution in [1.82, 2.24) is 10.2 Å². The first-order valence-corrected chi connectivity index (χ1v) is 6.06. The summed E-state index contributed by atoms with van der Waals surface area (Å²) in [5.74, 6) is 0.754. The van der Waals surface area contributed by atoms with Gasteiger partial charge in [-0.2, -0.15) is 0 Å². The Kier molecular flexibility index (Phi) is 8.20. The van der Waals surface area contributed by atoms with Gasteiger partial charge >= 0.3 is 0 Å². The second-order valence-corrected chi connectivity index (χ2v) is 4.49. The van der Waals surface area contributed by atoms with E-state index in [4.69, 9.17) is 0 Å². The number of hydrogen-bond acceptors (Lipinski definition) is 2. The van der Waals surface area contributed by atoms with E-state index in [1.165, 1.54) is 13.0 Å². The summed E-state index contributed by atoms with van der Waals surface area (Å²) < 4.78 is 0. The van der Waals surface area contributed by atoms with E-state index in [-0.39, 0.29) is 0 Å². The third-order valence-corrected chi connectivity index (χ3v) is 2.60. The molecule has 0 amide bonds. The smallest absolute Gasteiger partial charge is 0.00385 e. The first kappa shape index (κ1) is 13.9. The maximum atomic E-state index is 3.48. The van der Waals surface area contributed by atoms with Crippen LogP contribution in [-0.2, 0) is 0 Å². The quantitative estimate of drug-likeness (QED) is 0.605. The molecule has 1 N–H and O–H groups in total. The van der Waals surface area contributed by atoms with Crippen LogP contribution in [0.3, 0.4) is 0 Å². The summed E-state index contributed by atoms with van der Waals surface area (Å²) in [5.41, 5.74) is 0. The highest BCUT2D eigenvalue weighted by Crippen LogP contribution is 2.03. The van der Waals surface area contributed by atoms with Gasteiger partial charge in [0.1, 0.15) is 0 Å². The van der Waals surface area contributed by atoms with Gasteiger partial charge in [0.2, 0.25) is 0 Å². The maximum Gasteiger partial charge on any atom is 0.00385 e. The SMILES string of the molecule is CCCNCC(C)CN(CC)C(C)C. The van der Waals surface area contributed by atoms with Gasteiger partial charge in [-0.3, -0.25) is 0 Å². The molecule has 0 saturated heterocycles. The maximum absolute atomic E-state index is 3.48. The predicted octanol–water partition coefficient (Wildman–Crippen LogP) is 2.35. The molecule has 2 nitrogen and oxygen atoms in total. The van der Waals surface area contributed by atoms with Crippen molar-refractivity contribution >= 4 is 0 Å². The molecule has 0 rings (SSSR count). The molecule has 1 unspecified atom stereocenters. The van der Waals surface area contributed by atoms with Crippen molar-refractivity contribution in [2.45, 2.75) is 47.1 Å². The van der Waals surface area contributed by atoms with Gasteiger partial charge < -0.3 is 10.2 Å². The fourth-order valence-electron chi connectivity index (χ4n) is 1.70. The summed E-state index contributed by atoms with van der Waals surface area (Å²) in [5, 5.41) is 3.48. The lowest BCUT2D eigenvalue weighted by Gasteiger charge is -2.28. The summed E-state index contributed by atoms with van der Waals surface area (Å²) in [6.07, 6.45) is 1.23. The van der Waals surface area contributed by atoms with Crippen LogP contribution in [0.2, 0.25) is 0 Å². The highest BCUT2D eigenvalue weighted by atomic mass is 15.1. The molecular weight excluding hydrogens is 172 g/mol. The Morgan fingerprint density at radius 2 is 1.79 bits per heavy atom. The van der Waals surface area contributed by atoms with Crippen molar-refractivity contribution in [3.05, 3.63) is 0 Å². The molecule has 0 aliphatic heterocycles. The molecule has 1 atom stereocenters. The fourth-order valence-corrected chi connectivity index (χ4v) is 1.70. The van der Waals surface area contributed by atoms with Crippen LogP contribution in [-0.4, -0.2) is 37.1 Å². The second-order valence-electron chi connectivity index (χ2n) is 4.49. The van der Waals surface area contributed by atoms with Crippen molar-refractivity contribution < 1.29 is 0 Å². The molecule has 0 aliphatic rings. The largest absolute Gasteiger partial charge is 0.316 e. The van der Waals surface area contributed by atoms with E-state index >= 15 is 0 Å². The minimum Gasteiger partial charge on any atom is -0.316 e. The molecule has 0 spiro atoms. The van der Waals surface area contributed by atoms with E-state index in [0.717, 1.165) is 25.6 Å². The highest BCUT2D eigenvalue weighted by molar-refractivity contribution is 4.66. The van der Waals surface area contributed by atoms with Gasteiger partial charge in [-0.05, 0) is 45.8 Å². The van der Waals surface area contributed by atoms with Gasteiger partial charge in [-0.1, -0.05) is 20.8 Å². The normalized spacial score (nSPS) is 13.9. The Hall–Kier alpha value is -0.0800. The van der Waals surface area contributed by atoms with Crippen molar-refractivity contribution in [1.29, 1.82) is 0 Å². The zero-order chi connectivity index (χ0) is 11.0. The van der Waals surface area contributed by atoms with E-state index < -0.39 is 0 Å². The van der Waals surface area contributed by atoms with Gasteiger partial charge in [0.15, 0.2) is 0 Å². The molecular formula is C12H28N2. The van der Waals surface area contributed by atoms with Crippen LogP contribution in [0.4, 0.5) is 0 Å². The van der Waals surface area contributed by atoms with E-state index in [2.05, 4.69) is 44.8 Å². The molecule has 0 aliphatic carbocycles. The first-order chi connectivity index (χ1) is 6.61. The lowest BCUT2D eigenvalue weighted by molar-refractivity contribution is 0.200. The molecule has 14 heavy (non-hydrogen) atoms. The molecule has 2 heteroatoms. The van der Waals surface area contributed by atoms with Crippen LogP contribution >= 0.6 is 0 Å².